The van der Waals surface area contributed by atoms with Gasteiger partial charge in [-0.05, 0) is 62.6 Å². The van der Waals surface area contributed by atoms with Gasteiger partial charge in [0.2, 0.25) is 5.91 Å². The zero-order valence-electron chi connectivity index (χ0n) is 21.3. The Bertz CT molecular complexity index is 1340. The number of aryl methyl sites for hydroxylation is 3. The Labute approximate surface area is 213 Å². The van der Waals surface area contributed by atoms with Gasteiger partial charge in [0, 0.05) is 31.3 Å². The summed E-state index contributed by atoms with van der Waals surface area (Å²) in [4.78, 5) is 32.1. The van der Waals surface area contributed by atoms with Crippen LogP contribution in [0.4, 0.5) is 5.69 Å². The van der Waals surface area contributed by atoms with E-state index in [1.807, 2.05) is 98.3 Å². The van der Waals surface area contributed by atoms with Crippen molar-refractivity contribution in [3.8, 4) is 0 Å². The molecular formula is C30H34N4O2. The molecule has 0 saturated heterocycles. The molecule has 0 aliphatic rings. The van der Waals surface area contributed by atoms with Crippen LogP contribution in [0.3, 0.4) is 0 Å². The van der Waals surface area contributed by atoms with Gasteiger partial charge >= 0.3 is 0 Å². The highest BCUT2D eigenvalue weighted by molar-refractivity contribution is 5.95. The summed E-state index contributed by atoms with van der Waals surface area (Å²) in [5, 5.41) is 3.03. The minimum absolute atomic E-state index is 0.0136. The number of imidazole rings is 1. The maximum absolute atomic E-state index is 13.1. The van der Waals surface area contributed by atoms with Gasteiger partial charge in [0.05, 0.1) is 11.0 Å². The molecule has 36 heavy (non-hydrogen) atoms. The highest BCUT2D eigenvalue weighted by Gasteiger charge is 2.17. The second kappa shape index (κ2) is 11.7. The number of carbonyl (C=O) groups excluding carboxylic acids is 2. The first-order valence-electron chi connectivity index (χ1n) is 12.6. The molecule has 1 heterocycles. The van der Waals surface area contributed by atoms with E-state index in [4.69, 9.17) is 4.98 Å². The van der Waals surface area contributed by atoms with E-state index in [0.29, 0.717) is 6.54 Å². The number of amides is 2. The Morgan fingerprint density at radius 3 is 2.44 bits per heavy atom. The van der Waals surface area contributed by atoms with Crippen molar-refractivity contribution in [3.05, 3.63) is 95.3 Å². The lowest BCUT2D eigenvalue weighted by Crippen LogP contribution is -2.30. The monoisotopic (exact) mass is 482 g/mol. The summed E-state index contributed by atoms with van der Waals surface area (Å²) < 4.78 is 2.04. The SMILES string of the molecule is Cc1ccc(C(=O)NCCCCCc2nc3ccccc3n2CC(=O)N(C)c2ccccc2)c(C)c1. The minimum atomic E-state index is -0.0182. The normalized spacial score (nSPS) is 11.0. The van der Waals surface area contributed by atoms with Crippen LogP contribution in [0.2, 0.25) is 0 Å². The second-order valence-electron chi connectivity index (χ2n) is 9.28. The molecule has 0 fully saturated rings. The number of rotatable bonds is 10. The second-order valence-corrected chi connectivity index (χ2v) is 9.28. The summed E-state index contributed by atoms with van der Waals surface area (Å²) in [6.07, 6.45) is 3.58. The summed E-state index contributed by atoms with van der Waals surface area (Å²) in [6, 6.07) is 23.5. The Morgan fingerprint density at radius 2 is 1.67 bits per heavy atom. The molecule has 6 heteroatoms. The molecule has 1 aromatic heterocycles. The van der Waals surface area contributed by atoms with Crippen LogP contribution in [0, 0.1) is 13.8 Å². The van der Waals surface area contributed by atoms with Crippen LogP contribution in [0.5, 0.6) is 0 Å². The van der Waals surface area contributed by atoms with Gasteiger partial charge < -0.3 is 14.8 Å². The molecular weight excluding hydrogens is 448 g/mol. The summed E-state index contributed by atoms with van der Waals surface area (Å²) in [5.41, 5.74) is 5.64. The van der Waals surface area contributed by atoms with Gasteiger partial charge in [-0.1, -0.05) is 54.4 Å². The molecule has 0 spiro atoms. The van der Waals surface area contributed by atoms with Gasteiger partial charge in [0.15, 0.2) is 0 Å². The van der Waals surface area contributed by atoms with Crippen molar-refractivity contribution in [1.82, 2.24) is 14.9 Å². The quantitative estimate of drug-likeness (QED) is 0.305. The smallest absolute Gasteiger partial charge is 0.251 e. The first-order valence-corrected chi connectivity index (χ1v) is 12.6. The lowest BCUT2D eigenvalue weighted by molar-refractivity contribution is -0.118. The summed E-state index contributed by atoms with van der Waals surface area (Å²) in [6.45, 7) is 4.88. The zero-order valence-corrected chi connectivity index (χ0v) is 21.3. The third-order valence-electron chi connectivity index (χ3n) is 6.53. The van der Waals surface area contributed by atoms with Crippen LogP contribution in [0.1, 0.15) is 46.6 Å². The largest absolute Gasteiger partial charge is 0.352 e. The molecule has 0 atom stereocenters. The van der Waals surface area contributed by atoms with Crippen LogP contribution in [-0.2, 0) is 17.8 Å². The maximum Gasteiger partial charge on any atom is 0.251 e. The molecule has 2 amide bonds. The fourth-order valence-electron chi connectivity index (χ4n) is 4.48. The van der Waals surface area contributed by atoms with Crippen LogP contribution in [0.25, 0.3) is 11.0 Å². The van der Waals surface area contributed by atoms with E-state index in [2.05, 4.69) is 5.32 Å². The van der Waals surface area contributed by atoms with Gasteiger partial charge in [0.1, 0.15) is 12.4 Å². The number of nitrogens with zero attached hydrogens (tertiary/aromatic N) is 3. The molecule has 0 bridgehead atoms. The van der Waals surface area contributed by atoms with Crippen molar-refractivity contribution < 1.29 is 9.59 Å². The Morgan fingerprint density at radius 1 is 0.917 bits per heavy atom. The Kier molecular flexibility index (Phi) is 8.16. The summed E-state index contributed by atoms with van der Waals surface area (Å²) in [7, 11) is 1.81. The number of hydrogen-bond acceptors (Lipinski definition) is 3. The van der Waals surface area contributed by atoms with E-state index in [0.717, 1.165) is 64.9 Å². The number of aromatic nitrogens is 2. The average molecular weight is 483 g/mol. The van der Waals surface area contributed by atoms with Crippen LogP contribution >= 0.6 is 0 Å². The lowest BCUT2D eigenvalue weighted by Gasteiger charge is -2.18. The third-order valence-corrected chi connectivity index (χ3v) is 6.53. The molecule has 4 rings (SSSR count). The standard InChI is InChI=1S/C30H34N4O2/c1-22-17-18-25(23(2)20-22)30(36)31-19-11-5-8-16-28-32-26-14-9-10-15-27(26)34(28)21-29(35)33(3)24-12-6-4-7-13-24/h4,6-7,9-10,12-15,17-18,20H,5,8,11,16,19,21H2,1-3H3,(H,31,36). The number of hydrogen-bond donors (Lipinski definition) is 1. The molecule has 0 radical (unpaired) electrons. The molecule has 3 aromatic carbocycles. The molecule has 186 valence electrons. The topological polar surface area (TPSA) is 67.2 Å². The van der Waals surface area contributed by atoms with E-state index < -0.39 is 0 Å². The number of anilines is 1. The average Bonchev–Trinajstić information content (AvgIpc) is 3.23. The fourth-order valence-corrected chi connectivity index (χ4v) is 4.48. The van der Waals surface area contributed by atoms with Crippen molar-refractivity contribution in [2.75, 3.05) is 18.5 Å². The van der Waals surface area contributed by atoms with E-state index in [1.54, 1.807) is 4.90 Å². The molecule has 0 aliphatic heterocycles. The molecule has 0 aliphatic carbocycles. The minimum Gasteiger partial charge on any atom is -0.352 e. The van der Waals surface area contributed by atoms with Gasteiger partial charge in [-0.15, -0.1) is 0 Å². The summed E-state index contributed by atoms with van der Waals surface area (Å²) >= 11 is 0. The van der Waals surface area contributed by atoms with Crippen LogP contribution < -0.4 is 10.2 Å². The van der Waals surface area contributed by atoms with Crippen LogP contribution in [-0.4, -0.2) is 35.0 Å². The van der Waals surface area contributed by atoms with Crippen molar-refractivity contribution in [2.24, 2.45) is 0 Å². The van der Waals surface area contributed by atoms with E-state index in [-0.39, 0.29) is 18.4 Å². The molecule has 0 unspecified atom stereocenters. The van der Waals surface area contributed by atoms with E-state index >= 15 is 0 Å². The molecule has 4 aromatic rings. The van der Waals surface area contributed by atoms with Crippen molar-refractivity contribution in [3.63, 3.8) is 0 Å². The Hall–Kier alpha value is -3.93. The van der Waals surface area contributed by atoms with E-state index in [9.17, 15) is 9.59 Å². The number of likely N-dealkylation sites (N-methyl/N-ethyl adjacent to an activating group) is 1. The molecule has 6 nitrogen and oxygen atoms in total. The van der Waals surface area contributed by atoms with E-state index in [1.165, 1.54) is 0 Å². The maximum atomic E-state index is 13.1. The number of unbranched alkanes of at least 4 members (excludes halogenated alkanes) is 2. The first-order chi connectivity index (χ1) is 17.4. The predicted molar refractivity (Wildman–Crippen MR) is 145 cm³/mol. The number of para-hydroxylation sites is 3. The van der Waals surface area contributed by atoms with Crippen molar-refractivity contribution >= 4 is 28.5 Å². The zero-order chi connectivity index (χ0) is 25.5. The number of fused-ring (bicyclic) bond motifs is 1. The van der Waals surface area contributed by atoms with Gasteiger partial charge in [-0.25, -0.2) is 4.98 Å². The third kappa shape index (κ3) is 6.00. The van der Waals surface area contributed by atoms with Crippen molar-refractivity contribution in [1.29, 1.82) is 0 Å². The lowest BCUT2D eigenvalue weighted by atomic mass is 10.1. The van der Waals surface area contributed by atoms with Gasteiger partial charge in [-0.2, -0.15) is 0 Å². The number of nitrogens with one attached hydrogen (secondary N) is 1. The highest BCUT2D eigenvalue weighted by atomic mass is 16.2. The Balaban J connectivity index is 1.33. The van der Waals surface area contributed by atoms with Gasteiger partial charge in [-0.3, -0.25) is 9.59 Å². The molecule has 1 N–H and O–H groups in total. The van der Waals surface area contributed by atoms with Gasteiger partial charge in [0.25, 0.3) is 5.91 Å². The number of benzene rings is 3. The number of carbonyl (C=O) groups is 2. The highest BCUT2D eigenvalue weighted by Crippen LogP contribution is 2.19. The van der Waals surface area contributed by atoms with Crippen LogP contribution in [0.15, 0.2) is 72.8 Å². The summed E-state index contributed by atoms with van der Waals surface area (Å²) in [5.74, 6) is 0.917. The first kappa shape index (κ1) is 25.2. The predicted octanol–water partition coefficient (Wildman–Crippen LogP) is 5.46. The fraction of sp³-hybridized carbons (Fsp3) is 0.300. The molecule has 0 saturated carbocycles. The van der Waals surface area contributed by atoms with Crippen molar-refractivity contribution in [2.45, 2.75) is 46.1 Å².